The van der Waals surface area contributed by atoms with E-state index >= 15 is 0 Å². The molecule has 0 aliphatic heterocycles. The second-order valence-corrected chi connectivity index (χ2v) is 9.63. The van der Waals surface area contributed by atoms with Gasteiger partial charge in [-0.2, -0.15) is 0 Å². The molecule has 0 aliphatic rings. The van der Waals surface area contributed by atoms with E-state index in [1.165, 1.54) is 12.1 Å². The van der Waals surface area contributed by atoms with Crippen molar-refractivity contribution in [3.05, 3.63) is 131 Å². The Bertz CT molecular complexity index is 1860. The molecule has 1 amide bonds. The van der Waals surface area contributed by atoms with Crippen molar-refractivity contribution >= 4 is 28.4 Å². The summed E-state index contributed by atoms with van der Waals surface area (Å²) >= 11 is 0. The highest BCUT2D eigenvalue weighted by Gasteiger charge is 2.20. The summed E-state index contributed by atoms with van der Waals surface area (Å²) in [4.78, 5) is 29.5. The fourth-order valence-electron chi connectivity index (χ4n) is 4.83. The Morgan fingerprint density at radius 1 is 0.875 bits per heavy atom. The number of nitrogens with zero attached hydrogens (tertiary/aromatic N) is 4. The van der Waals surface area contributed by atoms with Gasteiger partial charge in [0.05, 0.1) is 17.1 Å². The summed E-state index contributed by atoms with van der Waals surface area (Å²) in [7, 11) is 0. The van der Waals surface area contributed by atoms with Crippen LogP contribution in [-0.4, -0.2) is 36.6 Å². The molecule has 2 N–H and O–H groups in total. The standard InChI is InChI=1S/C32H25N5O3/c1-20(22-11-13-25(14-12-22)32(39)40)34-31(38)28-18-26(23-6-3-2-4-7-23)19-30-36-35-29(37(28)30)17-21-9-10-24-8-5-15-33-27(24)16-21/h2-16,18-20H,17H2,1H3,(H,34,38)(H,39,40)/t20-/m0/s1. The van der Waals surface area contributed by atoms with Gasteiger partial charge in [-0.1, -0.05) is 60.7 Å². The van der Waals surface area contributed by atoms with Crippen molar-refractivity contribution in [3.8, 4) is 11.1 Å². The summed E-state index contributed by atoms with van der Waals surface area (Å²) in [6.45, 7) is 1.86. The minimum absolute atomic E-state index is 0.192. The van der Waals surface area contributed by atoms with Gasteiger partial charge >= 0.3 is 5.97 Å². The molecule has 6 rings (SSSR count). The number of pyridine rings is 2. The van der Waals surface area contributed by atoms with E-state index in [4.69, 9.17) is 0 Å². The summed E-state index contributed by atoms with van der Waals surface area (Å²) < 4.78 is 1.80. The monoisotopic (exact) mass is 527 g/mol. The second kappa shape index (κ2) is 10.4. The molecular weight excluding hydrogens is 502 g/mol. The van der Waals surface area contributed by atoms with Crippen LogP contribution in [0.15, 0.2) is 103 Å². The molecule has 0 aliphatic carbocycles. The number of aromatic nitrogens is 4. The maximum atomic E-state index is 13.8. The van der Waals surface area contributed by atoms with Crippen molar-refractivity contribution in [1.82, 2.24) is 24.9 Å². The second-order valence-electron chi connectivity index (χ2n) is 9.63. The van der Waals surface area contributed by atoms with Crippen LogP contribution in [0.25, 0.3) is 27.7 Å². The number of carbonyl (C=O) groups excluding carboxylic acids is 1. The molecule has 3 heterocycles. The van der Waals surface area contributed by atoms with Crippen LogP contribution in [0.1, 0.15) is 50.8 Å². The number of carbonyl (C=O) groups is 2. The number of benzene rings is 3. The lowest BCUT2D eigenvalue weighted by molar-refractivity contribution is 0.0696. The highest BCUT2D eigenvalue weighted by molar-refractivity contribution is 5.95. The minimum atomic E-state index is -0.995. The summed E-state index contributed by atoms with van der Waals surface area (Å²) in [5.41, 5.74) is 5.67. The predicted molar refractivity (Wildman–Crippen MR) is 152 cm³/mol. The first kappa shape index (κ1) is 24.9. The lowest BCUT2D eigenvalue weighted by atomic mass is 10.0. The van der Waals surface area contributed by atoms with Crippen LogP contribution in [0.2, 0.25) is 0 Å². The van der Waals surface area contributed by atoms with Crippen LogP contribution in [0.4, 0.5) is 0 Å². The van der Waals surface area contributed by atoms with E-state index < -0.39 is 5.97 Å². The van der Waals surface area contributed by atoms with Gasteiger partial charge in [0, 0.05) is 18.0 Å². The molecule has 0 unspecified atom stereocenters. The van der Waals surface area contributed by atoms with Gasteiger partial charge in [0.2, 0.25) is 0 Å². The first-order chi connectivity index (χ1) is 19.5. The molecule has 40 heavy (non-hydrogen) atoms. The topological polar surface area (TPSA) is 109 Å². The molecule has 0 spiro atoms. The zero-order valence-corrected chi connectivity index (χ0v) is 21.7. The molecule has 1 atom stereocenters. The largest absolute Gasteiger partial charge is 0.478 e. The minimum Gasteiger partial charge on any atom is -0.478 e. The molecule has 8 heteroatoms. The number of hydrogen-bond donors (Lipinski definition) is 2. The maximum Gasteiger partial charge on any atom is 0.335 e. The Balaban J connectivity index is 1.39. The Kier molecular flexibility index (Phi) is 6.49. The van der Waals surface area contributed by atoms with Crippen molar-refractivity contribution in [2.45, 2.75) is 19.4 Å². The van der Waals surface area contributed by atoms with Crippen LogP contribution in [0.5, 0.6) is 0 Å². The van der Waals surface area contributed by atoms with Gasteiger partial charge in [0.25, 0.3) is 5.91 Å². The molecule has 196 valence electrons. The first-order valence-electron chi connectivity index (χ1n) is 12.9. The van der Waals surface area contributed by atoms with E-state index in [1.54, 1.807) is 22.7 Å². The Morgan fingerprint density at radius 3 is 2.45 bits per heavy atom. The average molecular weight is 528 g/mol. The zero-order valence-electron chi connectivity index (χ0n) is 21.7. The Hall–Kier alpha value is -5.37. The van der Waals surface area contributed by atoms with E-state index in [0.29, 0.717) is 23.6 Å². The molecule has 6 aromatic rings. The number of nitrogens with one attached hydrogen (secondary N) is 1. The normalized spacial score (nSPS) is 11.9. The molecule has 0 fully saturated rings. The fourth-order valence-corrected chi connectivity index (χ4v) is 4.83. The summed E-state index contributed by atoms with van der Waals surface area (Å²) in [6.07, 6.45) is 2.23. The smallest absolute Gasteiger partial charge is 0.335 e. The number of hydrogen-bond acceptors (Lipinski definition) is 5. The highest BCUT2D eigenvalue weighted by atomic mass is 16.4. The highest BCUT2D eigenvalue weighted by Crippen LogP contribution is 2.25. The third-order valence-electron chi connectivity index (χ3n) is 6.95. The fraction of sp³-hybridized carbons (Fsp3) is 0.0938. The summed E-state index contributed by atoms with van der Waals surface area (Å²) in [5.74, 6) is -0.655. The van der Waals surface area contributed by atoms with Gasteiger partial charge in [0.15, 0.2) is 5.65 Å². The van der Waals surface area contributed by atoms with Crippen molar-refractivity contribution in [2.75, 3.05) is 0 Å². The lowest BCUT2D eigenvalue weighted by Crippen LogP contribution is -2.28. The molecular formula is C32H25N5O3. The maximum absolute atomic E-state index is 13.8. The van der Waals surface area contributed by atoms with Crippen molar-refractivity contribution in [3.63, 3.8) is 0 Å². The van der Waals surface area contributed by atoms with E-state index in [0.717, 1.165) is 33.2 Å². The number of rotatable bonds is 7. The third-order valence-corrected chi connectivity index (χ3v) is 6.95. The van der Waals surface area contributed by atoms with Crippen LogP contribution in [0.3, 0.4) is 0 Å². The van der Waals surface area contributed by atoms with Crippen LogP contribution in [0, 0.1) is 0 Å². The quantitative estimate of drug-likeness (QED) is 0.275. The molecule has 0 saturated carbocycles. The summed E-state index contributed by atoms with van der Waals surface area (Å²) in [5, 5.41) is 22.2. The first-order valence-corrected chi connectivity index (χ1v) is 12.9. The number of aromatic carboxylic acids is 1. The summed E-state index contributed by atoms with van der Waals surface area (Å²) in [6, 6.07) is 29.7. The molecule has 3 aromatic carbocycles. The third kappa shape index (κ3) is 4.90. The van der Waals surface area contributed by atoms with Gasteiger partial charge < -0.3 is 10.4 Å². The molecule has 3 aromatic heterocycles. The number of carboxylic acids is 1. The Labute approximate surface area is 230 Å². The number of carboxylic acid groups (broad SMARTS) is 1. The molecule has 0 radical (unpaired) electrons. The van der Waals surface area contributed by atoms with Gasteiger partial charge in [-0.25, -0.2) is 4.79 Å². The predicted octanol–water partition coefficient (Wildman–Crippen LogP) is 5.72. The van der Waals surface area contributed by atoms with E-state index in [1.807, 2.05) is 79.7 Å². The SMILES string of the molecule is C[C@H](NC(=O)c1cc(-c2ccccc2)cc2nnc(Cc3ccc4cccnc4c3)n12)c1ccc(C(=O)O)cc1. The van der Waals surface area contributed by atoms with Gasteiger partial charge in [0.1, 0.15) is 11.5 Å². The van der Waals surface area contributed by atoms with Crippen molar-refractivity contribution in [1.29, 1.82) is 0 Å². The van der Waals surface area contributed by atoms with Crippen LogP contribution < -0.4 is 5.32 Å². The van der Waals surface area contributed by atoms with Gasteiger partial charge in [-0.3, -0.25) is 14.2 Å². The molecule has 8 nitrogen and oxygen atoms in total. The number of fused-ring (bicyclic) bond motifs is 2. The lowest BCUT2D eigenvalue weighted by Gasteiger charge is -2.17. The van der Waals surface area contributed by atoms with E-state index in [2.05, 4.69) is 20.5 Å². The average Bonchev–Trinajstić information content (AvgIpc) is 3.39. The van der Waals surface area contributed by atoms with Gasteiger partial charge in [-0.15, -0.1) is 10.2 Å². The van der Waals surface area contributed by atoms with Crippen molar-refractivity contribution < 1.29 is 14.7 Å². The van der Waals surface area contributed by atoms with E-state index in [9.17, 15) is 14.7 Å². The van der Waals surface area contributed by atoms with Gasteiger partial charge in [-0.05, 0) is 65.6 Å². The van der Waals surface area contributed by atoms with E-state index in [-0.39, 0.29) is 17.5 Å². The van der Waals surface area contributed by atoms with Crippen LogP contribution in [-0.2, 0) is 6.42 Å². The molecule has 0 bridgehead atoms. The van der Waals surface area contributed by atoms with Crippen molar-refractivity contribution in [2.24, 2.45) is 0 Å². The molecule has 0 saturated heterocycles. The van der Waals surface area contributed by atoms with Crippen LogP contribution >= 0.6 is 0 Å². The number of amides is 1. The Morgan fingerprint density at radius 2 is 1.68 bits per heavy atom. The zero-order chi connectivity index (χ0) is 27.6.